The molecule has 2 N–H and O–H groups in total. The van der Waals surface area contributed by atoms with Crippen LogP contribution in [0.1, 0.15) is 15.9 Å². The molecule has 0 aliphatic heterocycles. The molecule has 0 spiro atoms. The average Bonchev–Trinajstić information content (AvgIpc) is 2.62. The van der Waals surface area contributed by atoms with Crippen LogP contribution in [0.15, 0.2) is 60.8 Å². The lowest BCUT2D eigenvalue weighted by Gasteiger charge is -2.08. The van der Waals surface area contributed by atoms with E-state index in [-0.39, 0.29) is 11.8 Å². The van der Waals surface area contributed by atoms with Gasteiger partial charge in [0, 0.05) is 24.3 Å². The maximum atomic E-state index is 12.5. The molecule has 2 amide bonds. The molecule has 1 aromatic heterocycles. The monoisotopic (exact) mass is 319 g/mol. The van der Waals surface area contributed by atoms with Gasteiger partial charge in [-0.1, -0.05) is 30.3 Å². The molecule has 0 bridgehead atoms. The molecule has 0 fully saturated rings. The number of pyridine rings is 1. The highest BCUT2D eigenvalue weighted by molar-refractivity contribution is 6.12. The van der Waals surface area contributed by atoms with Crippen molar-refractivity contribution in [1.82, 2.24) is 10.3 Å². The SMILES string of the molecule is CNC(=O)Cc1ccc(NC(=O)c2ccnc3ccccc23)cc1. The Hall–Kier alpha value is -3.21. The Morgan fingerprint density at radius 2 is 1.75 bits per heavy atom. The van der Waals surface area contributed by atoms with Crippen molar-refractivity contribution in [3.63, 3.8) is 0 Å². The normalized spacial score (nSPS) is 10.4. The number of hydrogen-bond acceptors (Lipinski definition) is 3. The number of rotatable bonds is 4. The maximum absolute atomic E-state index is 12.5. The number of carbonyl (C=O) groups excluding carboxylic acids is 2. The van der Waals surface area contributed by atoms with Crippen LogP contribution in [0.25, 0.3) is 10.9 Å². The third kappa shape index (κ3) is 3.41. The van der Waals surface area contributed by atoms with Gasteiger partial charge in [0.05, 0.1) is 17.5 Å². The number of carbonyl (C=O) groups is 2. The lowest BCUT2D eigenvalue weighted by atomic mass is 10.1. The predicted molar refractivity (Wildman–Crippen MR) is 93.9 cm³/mol. The van der Waals surface area contributed by atoms with Crippen molar-refractivity contribution in [3.05, 3.63) is 71.9 Å². The first-order chi connectivity index (χ1) is 11.7. The Bertz CT molecular complexity index is 883. The number of amides is 2. The summed E-state index contributed by atoms with van der Waals surface area (Å²) >= 11 is 0. The van der Waals surface area contributed by atoms with Crippen LogP contribution in [0.3, 0.4) is 0 Å². The van der Waals surface area contributed by atoms with Crippen molar-refractivity contribution in [3.8, 4) is 0 Å². The summed E-state index contributed by atoms with van der Waals surface area (Å²) in [6.07, 6.45) is 1.95. The largest absolute Gasteiger partial charge is 0.359 e. The van der Waals surface area contributed by atoms with E-state index in [0.717, 1.165) is 16.5 Å². The number of likely N-dealkylation sites (N-methyl/N-ethyl adjacent to an activating group) is 1. The number of nitrogens with zero attached hydrogens (tertiary/aromatic N) is 1. The fourth-order valence-corrected chi connectivity index (χ4v) is 2.47. The quantitative estimate of drug-likeness (QED) is 0.777. The zero-order chi connectivity index (χ0) is 16.9. The van der Waals surface area contributed by atoms with E-state index in [2.05, 4.69) is 15.6 Å². The Labute approximate surface area is 139 Å². The van der Waals surface area contributed by atoms with Crippen molar-refractivity contribution < 1.29 is 9.59 Å². The molecule has 0 saturated heterocycles. The van der Waals surface area contributed by atoms with Crippen molar-refractivity contribution in [2.24, 2.45) is 0 Å². The van der Waals surface area contributed by atoms with Crippen LogP contribution in [-0.4, -0.2) is 23.8 Å². The van der Waals surface area contributed by atoms with E-state index >= 15 is 0 Å². The Morgan fingerprint density at radius 3 is 2.50 bits per heavy atom. The fraction of sp³-hybridized carbons (Fsp3) is 0.105. The minimum absolute atomic E-state index is 0.0463. The number of nitrogens with one attached hydrogen (secondary N) is 2. The molecule has 0 radical (unpaired) electrons. The molecule has 3 aromatic rings. The third-order valence-corrected chi connectivity index (χ3v) is 3.75. The van der Waals surface area contributed by atoms with Gasteiger partial charge in [0.15, 0.2) is 0 Å². The lowest BCUT2D eigenvalue weighted by Crippen LogP contribution is -2.19. The molecule has 3 rings (SSSR count). The van der Waals surface area contributed by atoms with Gasteiger partial charge in [-0.2, -0.15) is 0 Å². The van der Waals surface area contributed by atoms with Crippen LogP contribution in [0.5, 0.6) is 0 Å². The highest BCUT2D eigenvalue weighted by atomic mass is 16.2. The summed E-state index contributed by atoms with van der Waals surface area (Å²) in [6, 6.07) is 16.5. The van der Waals surface area contributed by atoms with Gasteiger partial charge in [-0.15, -0.1) is 0 Å². The molecule has 5 heteroatoms. The first kappa shape index (κ1) is 15.7. The summed E-state index contributed by atoms with van der Waals surface area (Å²) in [7, 11) is 1.61. The number of anilines is 1. The molecule has 0 atom stereocenters. The second kappa shape index (κ2) is 6.91. The molecule has 0 aliphatic carbocycles. The zero-order valence-corrected chi connectivity index (χ0v) is 13.2. The molecule has 24 heavy (non-hydrogen) atoms. The van der Waals surface area contributed by atoms with Gasteiger partial charge >= 0.3 is 0 Å². The van der Waals surface area contributed by atoms with Crippen molar-refractivity contribution in [2.75, 3.05) is 12.4 Å². The van der Waals surface area contributed by atoms with E-state index < -0.39 is 0 Å². The topological polar surface area (TPSA) is 71.1 Å². The van der Waals surface area contributed by atoms with Crippen LogP contribution in [0, 0.1) is 0 Å². The first-order valence-electron chi connectivity index (χ1n) is 7.62. The molecule has 0 saturated carbocycles. The molecule has 120 valence electrons. The van der Waals surface area contributed by atoms with Crippen molar-refractivity contribution >= 4 is 28.4 Å². The van der Waals surface area contributed by atoms with Gasteiger partial charge in [-0.25, -0.2) is 0 Å². The van der Waals surface area contributed by atoms with Gasteiger partial charge in [0.25, 0.3) is 5.91 Å². The second-order valence-electron chi connectivity index (χ2n) is 5.38. The Morgan fingerprint density at radius 1 is 1.00 bits per heavy atom. The number of benzene rings is 2. The standard InChI is InChI=1S/C19H17N3O2/c1-20-18(23)12-13-6-8-14(9-7-13)22-19(24)16-10-11-21-17-5-3-2-4-15(16)17/h2-11H,12H2,1H3,(H,20,23)(H,22,24). The van der Waals surface area contributed by atoms with Crippen LogP contribution < -0.4 is 10.6 Å². The van der Waals surface area contributed by atoms with Crippen LogP contribution in [-0.2, 0) is 11.2 Å². The van der Waals surface area contributed by atoms with Gasteiger partial charge in [0.1, 0.15) is 0 Å². The van der Waals surface area contributed by atoms with Gasteiger partial charge < -0.3 is 10.6 Å². The molecular weight excluding hydrogens is 302 g/mol. The lowest BCUT2D eigenvalue weighted by molar-refractivity contribution is -0.119. The summed E-state index contributed by atoms with van der Waals surface area (Å²) in [6.45, 7) is 0. The van der Waals surface area contributed by atoms with Crippen LogP contribution in [0.2, 0.25) is 0 Å². The molecular formula is C19H17N3O2. The molecule has 1 heterocycles. The molecule has 0 aliphatic rings. The van der Waals surface area contributed by atoms with E-state index in [4.69, 9.17) is 0 Å². The molecule has 5 nitrogen and oxygen atoms in total. The highest BCUT2D eigenvalue weighted by Gasteiger charge is 2.10. The Balaban J connectivity index is 1.78. The fourth-order valence-electron chi connectivity index (χ4n) is 2.47. The molecule has 0 unspecified atom stereocenters. The van der Waals surface area contributed by atoms with Crippen LogP contribution in [0.4, 0.5) is 5.69 Å². The smallest absolute Gasteiger partial charge is 0.256 e. The summed E-state index contributed by atoms with van der Waals surface area (Å²) in [5, 5.41) is 6.28. The van der Waals surface area contributed by atoms with Crippen LogP contribution >= 0.6 is 0 Å². The third-order valence-electron chi connectivity index (χ3n) is 3.75. The van der Waals surface area contributed by atoms with Gasteiger partial charge in [-0.05, 0) is 29.8 Å². The molecule has 2 aromatic carbocycles. The number of hydrogen-bond donors (Lipinski definition) is 2. The summed E-state index contributed by atoms with van der Waals surface area (Å²) < 4.78 is 0. The van der Waals surface area contributed by atoms with Gasteiger partial charge in [0.2, 0.25) is 5.91 Å². The Kier molecular flexibility index (Phi) is 4.52. The van der Waals surface area contributed by atoms with E-state index in [1.165, 1.54) is 0 Å². The van der Waals surface area contributed by atoms with E-state index in [0.29, 0.717) is 17.7 Å². The first-order valence-corrected chi connectivity index (χ1v) is 7.62. The highest BCUT2D eigenvalue weighted by Crippen LogP contribution is 2.18. The average molecular weight is 319 g/mol. The van der Waals surface area contributed by atoms with E-state index in [1.807, 2.05) is 36.4 Å². The maximum Gasteiger partial charge on any atom is 0.256 e. The van der Waals surface area contributed by atoms with Crippen molar-refractivity contribution in [1.29, 1.82) is 0 Å². The van der Waals surface area contributed by atoms with E-state index in [1.54, 1.807) is 31.4 Å². The predicted octanol–water partition coefficient (Wildman–Crippen LogP) is 2.78. The summed E-state index contributed by atoms with van der Waals surface area (Å²) in [5.41, 5.74) is 2.93. The van der Waals surface area contributed by atoms with E-state index in [9.17, 15) is 9.59 Å². The van der Waals surface area contributed by atoms with Gasteiger partial charge in [-0.3, -0.25) is 14.6 Å². The number of aromatic nitrogens is 1. The zero-order valence-electron chi connectivity index (χ0n) is 13.2. The summed E-state index contributed by atoms with van der Waals surface area (Å²) in [4.78, 5) is 28.2. The minimum Gasteiger partial charge on any atom is -0.359 e. The summed E-state index contributed by atoms with van der Waals surface area (Å²) in [5.74, 6) is -0.234. The number of fused-ring (bicyclic) bond motifs is 1. The van der Waals surface area contributed by atoms with Crippen molar-refractivity contribution in [2.45, 2.75) is 6.42 Å². The second-order valence-corrected chi connectivity index (χ2v) is 5.38. The minimum atomic E-state index is -0.187. The number of para-hydroxylation sites is 1.